The molecule has 1 aromatic rings. The van der Waals surface area contributed by atoms with Crippen LogP contribution in [-0.4, -0.2) is 18.0 Å². The predicted molar refractivity (Wildman–Crippen MR) is 74.6 cm³/mol. The van der Waals surface area contributed by atoms with E-state index in [-0.39, 0.29) is 11.4 Å². The fraction of sp³-hybridized carbons (Fsp3) is 0.667. The highest BCUT2D eigenvalue weighted by Crippen LogP contribution is 2.32. The van der Waals surface area contributed by atoms with E-state index < -0.39 is 0 Å². The van der Waals surface area contributed by atoms with Gasteiger partial charge in [-0.15, -0.1) is 0 Å². The van der Waals surface area contributed by atoms with Gasteiger partial charge < -0.3 is 15.5 Å². The minimum Gasteiger partial charge on any atom is -0.469 e. The first kappa shape index (κ1) is 14.1. The van der Waals surface area contributed by atoms with Gasteiger partial charge in [-0.3, -0.25) is 4.79 Å². The third-order valence-electron chi connectivity index (χ3n) is 4.38. The Kier molecular flexibility index (Phi) is 4.64. The van der Waals surface area contributed by atoms with Crippen molar-refractivity contribution in [3.63, 3.8) is 0 Å². The summed E-state index contributed by atoms with van der Waals surface area (Å²) in [4.78, 5) is 12.1. The lowest BCUT2D eigenvalue weighted by Crippen LogP contribution is -2.59. The molecule has 0 aromatic carbocycles. The predicted octanol–water partition coefficient (Wildman–Crippen LogP) is 2.24. The second kappa shape index (κ2) is 6.24. The van der Waals surface area contributed by atoms with Gasteiger partial charge in [-0.2, -0.15) is 0 Å². The molecule has 0 saturated heterocycles. The van der Waals surface area contributed by atoms with E-state index in [1.54, 1.807) is 6.26 Å². The van der Waals surface area contributed by atoms with Gasteiger partial charge in [0.05, 0.1) is 11.8 Å². The Bertz CT molecular complexity index is 402. The van der Waals surface area contributed by atoms with E-state index in [0.717, 1.165) is 25.0 Å². The Balaban J connectivity index is 1.88. The maximum atomic E-state index is 12.1. The molecule has 1 amide bonds. The van der Waals surface area contributed by atoms with Gasteiger partial charge in [-0.25, -0.2) is 0 Å². The fourth-order valence-electron chi connectivity index (χ4n) is 2.99. The first-order valence-corrected chi connectivity index (χ1v) is 7.20. The van der Waals surface area contributed by atoms with Crippen LogP contribution in [0.1, 0.15) is 44.8 Å². The van der Waals surface area contributed by atoms with Crippen molar-refractivity contribution in [2.75, 3.05) is 6.54 Å². The minimum absolute atomic E-state index is 0.0793. The number of carbonyl (C=O) groups is 1. The molecule has 4 nitrogen and oxygen atoms in total. The highest BCUT2D eigenvalue weighted by Gasteiger charge is 2.37. The molecule has 106 valence electrons. The van der Waals surface area contributed by atoms with E-state index in [0.29, 0.717) is 25.3 Å². The number of rotatable bonds is 5. The molecule has 0 spiro atoms. The van der Waals surface area contributed by atoms with Crippen LogP contribution in [-0.2, 0) is 11.2 Å². The van der Waals surface area contributed by atoms with E-state index in [1.807, 2.05) is 12.1 Å². The molecule has 2 unspecified atom stereocenters. The molecule has 0 bridgehead atoms. The van der Waals surface area contributed by atoms with E-state index in [4.69, 9.17) is 10.2 Å². The van der Waals surface area contributed by atoms with Gasteiger partial charge in [0.2, 0.25) is 5.91 Å². The standard InChI is InChI=1S/C15H24N2O2/c1-12-5-2-3-9-15(12,11-16)17-14(18)8-7-13-6-4-10-19-13/h4,6,10,12H,2-3,5,7-9,11,16H2,1H3,(H,17,18). The Morgan fingerprint density at radius 1 is 1.58 bits per heavy atom. The topological polar surface area (TPSA) is 68.3 Å². The molecule has 1 aliphatic carbocycles. The molecule has 0 radical (unpaired) electrons. The summed E-state index contributed by atoms with van der Waals surface area (Å²) in [5, 5.41) is 3.19. The first-order valence-electron chi connectivity index (χ1n) is 7.20. The average Bonchev–Trinajstić information content (AvgIpc) is 2.92. The van der Waals surface area contributed by atoms with Gasteiger partial charge >= 0.3 is 0 Å². The van der Waals surface area contributed by atoms with Crippen molar-refractivity contribution in [1.29, 1.82) is 0 Å². The summed E-state index contributed by atoms with van der Waals surface area (Å²) in [6, 6.07) is 3.74. The van der Waals surface area contributed by atoms with E-state index in [2.05, 4.69) is 12.2 Å². The largest absolute Gasteiger partial charge is 0.469 e. The van der Waals surface area contributed by atoms with Crippen molar-refractivity contribution in [1.82, 2.24) is 5.32 Å². The number of aryl methyl sites for hydroxylation is 1. The van der Waals surface area contributed by atoms with Crippen LogP contribution in [0.15, 0.2) is 22.8 Å². The van der Waals surface area contributed by atoms with Crippen LogP contribution in [0.3, 0.4) is 0 Å². The minimum atomic E-state index is -0.196. The molecule has 4 heteroatoms. The Labute approximate surface area is 114 Å². The highest BCUT2D eigenvalue weighted by molar-refractivity contribution is 5.77. The number of amides is 1. The van der Waals surface area contributed by atoms with Crippen molar-refractivity contribution < 1.29 is 9.21 Å². The lowest BCUT2D eigenvalue weighted by atomic mass is 9.73. The molecule has 3 N–H and O–H groups in total. The molecule has 1 aliphatic rings. The number of carbonyl (C=O) groups excluding carboxylic acids is 1. The first-order chi connectivity index (χ1) is 9.16. The number of hydrogen-bond acceptors (Lipinski definition) is 3. The Hall–Kier alpha value is -1.29. The lowest BCUT2D eigenvalue weighted by Gasteiger charge is -2.42. The summed E-state index contributed by atoms with van der Waals surface area (Å²) in [6.07, 6.45) is 7.28. The summed E-state index contributed by atoms with van der Waals surface area (Å²) in [5.74, 6) is 1.39. The molecule has 0 aliphatic heterocycles. The number of hydrogen-bond donors (Lipinski definition) is 2. The molecular formula is C15H24N2O2. The van der Waals surface area contributed by atoms with Gasteiger partial charge in [0, 0.05) is 19.4 Å². The smallest absolute Gasteiger partial charge is 0.220 e. The normalized spacial score (nSPS) is 27.2. The van der Waals surface area contributed by atoms with Crippen LogP contribution in [0.25, 0.3) is 0 Å². The number of nitrogens with two attached hydrogens (primary N) is 1. The van der Waals surface area contributed by atoms with Gasteiger partial charge in [-0.1, -0.05) is 19.8 Å². The van der Waals surface area contributed by atoms with Crippen LogP contribution in [0, 0.1) is 5.92 Å². The zero-order valence-corrected chi connectivity index (χ0v) is 11.7. The third-order valence-corrected chi connectivity index (χ3v) is 4.38. The highest BCUT2D eigenvalue weighted by atomic mass is 16.3. The van der Waals surface area contributed by atoms with Crippen molar-refractivity contribution in [3.8, 4) is 0 Å². The van der Waals surface area contributed by atoms with Gasteiger partial charge in [0.25, 0.3) is 0 Å². The molecule has 2 atom stereocenters. The summed E-state index contributed by atoms with van der Waals surface area (Å²) in [6.45, 7) is 2.72. The van der Waals surface area contributed by atoms with Crippen molar-refractivity contribution in [3.05, 3.63) is 24.2 Å². The monoisotopic (exact) mass is 264 g/mol. The third kappa shape index (κ3) is 3.38. The maximum absolute atomic E-state index is 12.1. The quantitative estimate of drug-likeness (QED) is 0.857. The van der Waals surface area contributed by atoms with Gasteiger partial charge in [0.15, 0.2) is 0 Å². The van der Waals surface area contributed by atoms with Crippen molar-refractivity contribution in [2.24, 2.45) is 11.7 Å². The zero-order valence-electron chi connectivity index (χ0n) is 11.7. The van der Waals surface area contributed by atoms with Crippen molar-refractivity contribution >= 4 is 5.91 Å². The van der Waals surface area contributed by atoms with Crippen LogP contribution in [0.2, 0.25) is 0 Å². The summed E-state index contributed by atoms with van der Waals surface area (Å²) < 4.78 is 5.24. The second-order valence-corrected chi connectivity index (χ2v) is 5.63. The molecule has 1 saturated carbocycles. The van der Waals surface area contributed by atoms with E-state index in [1.165, 1.54) is 6.42 Å². The summed E-state index contributed by atoms with van der Waals surface area (Å²) in [7, 11) is 0. The van der Waals surface area contributed by atoms with E-state index >= 15 is 0 Å². The van der Waals surface area contributed by atoms with Crippen molar-refractivity contribution in [2.45, 2.75) is 51.0 Å². The molecule has 1 fully saturated rings. The summed E-state index contributed by atoms with van der Waals surface area (Å²) in [5.41, 5.74) is 5.74. The maximum Gasteiger partial charge on any atom is 0.220 e. The average molecular weight is 264 g/mol. The van der Waals surface area contributed by atoms with E-state index in [9.17, 15) is 4.79 Å². The molecular weight excluding hydrogens is 240 g/mol. The number of furan rings is 1. The fourth-order valence-corrected chi connectivity index (χ4v) is 2.99. The molecule has 1 heterocycles. The van der Waals surface area contributed by atoms with Crippen LogP contribution >= 0.6 is 0 Å². The SMILES string of the molecule is CC1CCCCC1(CN)NC(=O)CCc1ccco1. The van der Waals surface area contributed by atoms with Gasteiger partial charge in [-0.05, 0) is 30.9 Å². The second-order valence-electron chi connectivity index (χ2n) is 5.63. The summed E-state index contributed by atoms with van der Waals surface area (Å²) >= 11 is 0. The molecule has 2 rings (SSSR count). The molecule has 19 heavy (non-hydrogen) atoms. The zero-order chi connectivity index (χ0) is 13.7. The van der Waals surface area contributed by atoms with Crippen LogP contribution in [0.4, 0.5) is 0 Å². The Morgan fingerprint density at radius 3 is 3.05 bits per heavy atom. The van der Waals surface area contributed by atoms with Gasteiger partial charge in [0.1, 0.15) is 5.76 Å². The lowest BCUT2D eigenvalue weighted by molar-refractivity contribution is -0.124. The molecule has 1 aromatic heterocycles. The Morgan fingerprint density at radius 2 is 2.42 bits per heavy atom. The van der Waals surface area contributed by atoms with Crippen LogP contribution < -0.4 is 11.1 Å². The van der Waals surface area contributed by atoms with Crippen LogP contribution in [0.5, 0.6) is 0 Å². The number of nitrogens with one attached hydrogen (secondary N) is 1.